The monoisotopic (exact) mass is 390 g/mol. The number of hydrogen-bond donors (Lipinski definition) is 2. The van der Waals surface area contributed by atoms with E-state index in [0.717, 1.165) is 35.3 Å². The van der Waals surface area contributed by atoms with Gasteiger partial charge >= 0.3 is 6.03 Å². The number of fused-ring (bicyclic) bond motifs is 1. The van der Waals surface area contributed by atoms with Crippen LogP contribution in [-0.4, -0.2) is 42.7 Å². The molecule has 1 aliphatic heterocycles. The highest BCUT2D eigenvalue weighted by Crippen LogP contribution is 2.27. The van der Waals surface area contributed by atoms with Gasteiger partial charge in [0.15, 0.2) is 0 Å². The van der Waals surface area contributed by atoms with Gasteiger partial charge in [0, 0.05) is 11.9 Å². The summed E-state index contributed by atoms with van der Waals surface area (Å²) < 4.78 is 5.38. The zero-order valence-corrected chi connectivity index (χ0v) is 16.6. The van der Waals surface area contributed by atoms with Crippen LogP contribution in [0.3, 0.4) is 0 Å². The van der Waals surface area contributed by atoms with Crippen LogP contribution in [0.15, 0.2) is 60.8 Å². The van der Waals surface area contributed by atoms with Gasteiger partial charge in [-0.1, -0.05) is 30.3 Å². The largest absolute Gasteiger partial charge is 0.497 e. The fourth-order valence-electron chi connectivity index (χ4n) is 3.86. The average molecular weight is 390 g/mol. The molecule has 2 aromatic carbocycles. The maximum Gasteiger partial charge on any atom is 0.319 e. The number of aromatic nitrogens is 1. The first-order valence-corrected chi connectivity index (χ1v) is 10.0. The number of para-hydroxylation sites is 1. The smallest absolute Gasteiger partial charge is 0.319 e. The van der Waals surface area contributed by atoms with E-state index in [4.69, 9.17) is 4.74 Å². The van der Waals surface area contributed by atoms with E-state index < -0.39 is 0 Å². The van der Waals surface area contributed by atoms with Gasteiger partial charge in [-0.15, -0.1) is 0 Å². The molecule has 1 saturated heterocycles. The maximum atomic E-state index is 12.5. The molecule has 0 unspecified atom stereocenters. The fraction of sp³-hybridized carbons (Fsp3) is 0.304. The molecule has 1 aromatic heterocycles. The third kappa shape index (κ3) is 4.66. The van der Waals surface area contributed by atoms with Crippen LogP contribution in [0.1, 0.15) is 24.4 Å². The van der Waals surface area contributed by atoms with Crippen molar-refractivity contribution >= 4 is 22.6 Å². The van der Waals surface area contributed by atoms with Crippen molar-refractivity contribution in [2.75, 3.05) is 32.1 Å². The van der Waals surface area contributed by atoms with E-state index in [1.807, 2.05) is 42.5 Å². The van der Waals surface area contributed by atoms with Gasteiger partial charge < -0.3 is 15.4 Å². The predicted octanol–water partition coefficient (Wildman–Crippen LogP) is 4.20. The van der Waals surface area contributed by atoms with Gasteiger partial charge in [0.05, 0.1) is 30.6 Å². The number of anilines is 1. The number of amides is 2. The van der Waals surface area contributed by atoms with Gasteiger partial charge in [-0.3, -0.25) is 9.88 Å². The number of carbonyl (C=O) groups is 1. The standard InChI is InChI=1S/C23H26N4O2/c1-29-20-9-6-8-18(14-20)22(27-11-4-5-12-27)16-25-23(28)26-19-13-17-7-2-3-10-21(17)24-15-19/h2-3,6-10,13-15,22H,4-5,11-12,16H2,1H3,(H2,25,26,28)/t22-/m0/s1. The molecule has 0 bridgehead atoms. The summed E-state index contributed by atoms with van der Waals surface area (Å²) in [7, 11) is 1.67. The minimum atomic E-state index is -0.228. The number of nitrogens with one attached hydrogen (secondary N) is 2. The molecule has 3 aromatic rings. The highest BCUT2D eigenvalue weighted by molar-refractivity contribution is 5.92. The molecule has 0 radical (unpaired) electrons. The summed E-state index contributed by atoms with van der Waals surface area (Å²) in [6.45, 7) is 2.61. The molecule has 6 nitrogen and oxygen atoms in total. The molecule has 2 N–H and O–H groups in total. The van der Waals surface area contributed by atoms with Crippen molar-refractivity contribution in [1.29, 1.82) is 0 Å². The number of methoxy groups -OCH3 is 1. The Bertz CT molecular complexity index is 985. The Morgan fingerprint density at radius 1 is 1.14 bits per heavy atom. The summed E-state index contributed by atoms with van der Waals surface area (Å²) in [4.78, 5) is 19.3. The molecule has 2 heterocycles. The molecule has 1 atom stereocenters. The number of ether oxygens (including phenoxy) is 1. The van der Waals surface area contributed by atoms with E-state index >= 15 is 0 Å². The van der Waals surface area contributed by atoms with E-state index in [2.05, 4.69) is 32.7 Å². The van der Waals surface area contributed by atoms with Crippen molar-refractivity contribution in [3.8, 4) is 5.75 Å². The first-order chi connectivity index (χ1) is 14.2. The third-order valence-corrected chi connectivity index (χ3v) is 5.36. The average Bonchev–Trinajstić information content (AvgIpc) is 3.28. The number of pyridine rings is 1. The normalized spacial score (nSPS) is 15.2. The number of likely N-dealkylation sites (tertiary alicyclic amines) is 1. The van der Waals surface area contributed by atoms with Gasteiger partial charge in [-0.2, -0.15) is 0 Å². The van der Waals surface area contributed by atoms with Crippen molar-refractivity contribution in [1.82, 2.24) is 15.2 Å². The van der Waals surface area contributed by atoms with Gasteiger partial charge in [0.25, 0.3) is 0 Å². The van der Waals surface area contributed by atoms with Crippen LogP contribution in [0.4, 0.5) is 10.5 Å². The van der Waals surface area contributed by atoms with E-state index in [1.165, 1.54) is 12.8 Å². The first-order valence-electron chi connectivity index (χ1n) is 10.0. The summed E-state index contributed by atoms with van der Waals surface area (Å²) in [5.41, 5.74) is 2.74. The van der Waals surface area contributed by atoms with Crippen molar-refractivity contribution in [2.45, 2.75) is 18.9 Å². The van der Waals surface area contributed by atoms with E-state index in [-0.39, 0.29) is 12.1 Å². The van der Waals surface area contributed by atoms with Crippen molar-refractivity contribution in [3.63, 3.8) is 0 Å². The highest BCUT2D eigenvalue weighted by atomic mass is 16.5. The maximum absolute atomic E-state index is 12.5. The van der Waals surface area contributed by atoms with Crippen LogP contribution >= 0.6 is 0 Å². The van der Waals surface area contributed by atoms with Gasteiger partial charge in [-0.25, -0.2) is 4.79 Å². The first kappa shape index (κ1) is 19.2. The highest BCUT2D eigenvalue weighted by Gasteiger charge is 2.24. The lowest BCUT2D eigenvalue weighted by Crippen LogP contribution is -2.38. The second kappa shape index (κ2) is 8.92. The van der Waals surface area contributed by atoms with Crippen LogP contribution in [0.25, 0.3) is 10.9 Å². The summed E-state index contributed by atoms with van der Waals surface area (Å²) >= 11 is 0. The lowest BCUT2D eigenvalue weighted by Gasteiger charge is -2.28. The summed E-state index contributed by atoms with van der Waals surface area (Å²) in [5.74, 6) is 0.832. The molecule has 1 aliphatic rings. The quantitative estimate of drug-likeness (QED) is 0.662. The number of carbonyl (C=O) groups excluding carboxylic acids is 1. The second-order valence-corrected chi connectivity index (χ2v) is 7.29. The van der Waals surface area contributed by atoms with E-state index in [9.17, 15) is 4.79 Å². The van der Waals surface area contributed by atoms with Crippen LogP contribution in [0.2, 0.25) is 0 Å². The molecule has 0 spiro atoms. The molecule has 2 amide bonds. The molecule has 0 saturated carbocycles. The lowest BCUT2D eigenvalue weighted by atomic mass is 10.1. The number of rotatable bonds is 6. The van der Waals surface area contributed by atoms with E-state index in [0.29, 0.717) is 12.2 Å². The van der Waals surface area contributed by atoms with Gasteiger partial charge in [0.1, 0.15) is 5.75 Å². The van der Waals surface area contributed by atoms with Crippen LogP contribution in [-0.2, 0) is 0 Å². The third-order valence-electron chi connectivity index (χ3n) is 5.36. The van der Waals surface area contributed by atoms with Crippen LogP contribution in [0, 0.1) is 0 Å². The van der Waals surface area contributed by atoms with Gasteiger partial charge in [0.2, 0.25) is 0 Å². The Kier molecular flexibility index (Phi) is 5.91. The van der Waals surface area contributed by atoms with Crippen molar-refractivity contribution < 1.29 is 9.53 Å². The van der Waals surface area contributed by atoms with Crippen LogP contribution < -0.4 is 15.4 Å². The molecule has 0 aliphatic carbocycles. The topological polar surface area (TPSA) is 66.5 Å². The molecule has 4 rings (SSSR count). The fourth-order valence-corrected chi connectivity index (χ4v) is 3.86. The molecular weight excluding hydrogens is 364 g/mol. The molecule has 150 valence electrons. The summed E-state index contributed by atoms with van der Waals surface area (Å²) in [6, 6.07) is 17.8. The molecule has 1 fully saturated rings. The molecular formula is C23H26N4O2. The number of nitrogens with zero attached hydrogens (tertiary/aromatic N) is 2. The van der Waals surface area contributed by atoms with E-state index in [1.54, 1.807) is 13.3 Å². The minimum Gasteiger partial charge on any atom is -0.497 e. The summed E-state index contributed by atoms with van der Waals surface area (Å²) in [5, 5.41) is 6.93. The zero-order chi connectivity index (χ0) is 20.1. The zero-order valence-electron chi connectivity index (χ0n) is 16.6. The molecule has 29 heavy (non-hydrogen) atoms. The molecule has 6 heteroatoms. The minimum absolute atomic E-state index is 0.119. The number of hydrogen-bond acceptors (Lipinski definition) is 4. The Morgan fingerprint density at radius 2 is 1.97 bits per heavy atom. The van der Waals surface area contributed by atoms with Crippen molar-refractivity contribution in [2.24, 2.45) is 0 Å². The second-order valence-electron chi connectivity index (χ2n) is 7.29. The summed E-state index contributed by atoms with van der Waals surface area (Å²) in [6.07, 6.45) is 4.06. The number of benzene rings is 2. The lowest BCUT2D eigenvalue weighted by molar-refractivity contribution is 0.227. The Labute approximate surface area is 170 Å². The van der Waals surface area contributed by atoms with Crippen LogP contribution in [0.5, 0.6) is 5.75 Å². The van der Waals surface area contributed by atoms with Crippen molar-refractivity contribution in [3.05, 3.63) is 66.4 Å². The predicted molar refractivity (Wildman–Crippen MR) is 115 cm³/mol. The number of urea groups is 1. The Balaban J connectivity index is 1.43. The SMILES string of the molecule is COc1cccc([C@H](CNC(=O)Nc2cnc3ccccc3c2)N2CCCC2)c1. The van der Waals surface area contributed by atoms with Gasteiger partial charge in [-0.05, 0) is 55.8 Å². The Hall–Kier alpha value is -3.12. The Morgan fingerprint density at radius 3 is 2.79 bits per heavy atom.